The second-order valence-corrected chi connectivity index (χ2v) is 11.0. The molecule has 0 N–H and O–H groups in total. The lowest BCUT2D eigenvalue weighted by molar-refractivity contribution is 0.279. The number of hydrogen-bond donors (Lipinski definition) is 0. The van der Waals surface area contributed by atoms with Crippen LogP contribution in [0.3, 0.4) is 0 Å². The molecular formula is C15H28OSi. The third-order valence-corrected chi connectivity index (χ3v) is 8.10. The normalized spacial score (nSPS) is 13.6. The lowest BCUT2D eigenvalue weighted by Crippen LogP contribution is -2.40. The summed E-state index contributed by atoms with van der Waals surface area (Å²) in [6, 6.07) is 0. The monoisotopic (exact) mass is 252 g/mol. The standard InChI is InChI=1S/C15H28OSi/c1-8-11-14(2)12-9-10-13-16-17(6,7)15(3,4)5/h1,11H,9-10,12-13H2,2-7H3/b14-11-. The van der Waals surface area contributed by atoms with Crippen molar-refractivity contribution in [3.05, 3.63) is 11.6 Å². The summed E-state index contributed by atoms with van der Waals surface area (Å²) < 4.78 is 6.11. The fourth-order valence-corrected chi connectivity index (χ4v) is 2.35. The zero-order valence-corrected chi connectivity index (χ0v) is 13.4. The molecule has 17 heavy (non-hydrogen) atoms. The predicted octanol–water partition coefficient (Wildman–Crippen LogP) is 4.76. The number of unbranched alkanes of at least 4 members (excludes halogenated alkanes) is 1. The highest BCUT2D eigenvalue weighted by atomic mass is 28.4. The van der Waals surface area contributed by atoms with Gasteiger partial charge in [0, 0.05) is 6.61 Å². The van der Waals surface area contributed by atoms with E-state index >= 15 is 0 Å². The molecule has 0 amide bonds. The highest BCUT2D eigenvalue weighted by Crippen LogP contribution is 2.36. The van der Waals surface area contributed by atoms with Gasteiger partial charge in [0.15, 0.2) is 8.32 Å². The van der Waals surface area contributed by atoms with Crippen LogP contribution < -0.4 is 0 Å². The summed E-state index contributed by atoms with van der Waals surface area (Å²) in [5.41, 5.74) is 1.29. The van der Waals surface area contributed by atoms with Gasteiger partial charge in [-0.2, -0.15) is 0 Å². The van der Waals surface area contributed by atoms with Gasteiger partial charge in [0.2, 0.25) is 0 Å². The number of allylic oxidation sites excluding steroid dienone is 2. The van der Waals surface area contributed by atoms with Crippen LogP contribution >= 0.6 is 0 Å². The summed E-state index contributed by atoms with van der Waals surface area (Å²) in [5, 5.41) is 0.312. The molecule has 98 valence electrons. The quantitative estimate of drug-likeness (QED) is 0.376. The number of hydrogen-bond acceptors (Lipinski definition) is 1. The van der Waals surface area contributed by atoms with Crippen molar-refractivity contribution in [1.29, 1.82) is 0 Å². The minimum atomic E-state index is -1.54. The minimum absolute atomic E-state index is 0.312. The summed E-state index contributed by atoms with van der Waals surface area (Å²) >= 11 is 0. The summed E-state index contributed by atoms with van der Waals surface area (Å²) in [4.78, 5) is 0. The van der Waals surface area contributed by atoms with Gasteiger partial charge in [0.05, 0.1) is 0 Å². The average Bonchev–Trinajstić information content (AvgIpc) is 2.15. The van der Waals surface area contributed by atoms with Crippen molar-refractivity contribution < 1.29 is 4.43 Å². The largest absolute Gasteiger partial charge is 0.417 e. The Labute approximate surface area is 109 Å². The zero-order valence-electron chi connectivity index (χ0n) is 12.4. The Hall–Kier alpha value is -0.523. The highest BCUT2D eigenvalue weighted by Gasteiger charge is 2.36. The third kappa shape index (κ3) is 6.70. The predicted molar refractivity (Wildman–Crippen MR) is 79.6 cm³/mol. The fourth-order valence-electron chi connectivity index (χ4n) is 1.26. The summed E-state index contributed by atoms with van der Waals surface area (Å²) in [6.45, 7) is 14.4. The Balaban J connectivity index is 3.81. The van der Waals surface area contributed by atoms with Gasteiger partial charge in [0.25, 0.3) is 0 Å². The van der Waals surface area contributed by atoms with E-state index in [9.17, 15) is 0 Å². The molecule has 0 saturated heterocycles. The molecule has 1 nitrogen and oxygen atoms in total. The van der Waals surface area contributed by atoms with Gasteiger partial charge in [-0.1, -0.05) is 32.3 Å². The summed E-state index contributed by atoms with van der Waals surface area (Å²) in [6.07, 6.45) is 10.5. The molecule has 0 aliphatic carbocycles. The van der Waals surface area contributed by atoms with Crippen molar-refractivity contribution >= 4 is 8.32 Å². The molecule has 0 aromatic heterocycles. The Morgan fingerprint density at radius 2 is 1.88 bits per heavy atom. The molecule has 0 heterocycles. The molecule has 0 rings (SSSR count). The first-order chi connectivity index (χ1) is 7.70. The van der Waals surface area contributed by atoms with Gasteiger partial charge < -0.3 is 4.43 Å². The van der Waals surface area contributed by atoms with E-state index in [1.807, 2.05) is 6.08 Å². The maximum Gasteiger partial charge on any atom is 0.191 e. The van der Waals surface area contributed by atoms with Gasteiger partial charge in [-0.3, -0.25) is 0 Å². The molecule has 0 aromatic carbocycles. The van der Waals surface area contributed by atoms with Crippen LogP contribution in [0.5, 0.6) is 0 Å². The van der Waals surface area contributed by atoms with E-state index in [1.165, 1.54) is 12.0 Å². The first-order valence-electron chi connectivity index (χ1n) is 6.46. The molecular weight excluding hydrogens is 224 g/mol. The second-order valence-electron chi connectivity index (χ2n) is 6.22. The number of terminal acetylenes is 1. The molecule has 0 fully saturated rings. The first kappa shape index (κ1) is 16.5. The Morgan fingerprint density at radius 1 is 1.29 bits per heavy atom. The van der Waals surface area contributed by atoms with E-state index in [4.69, 9.17) is 10.8 Å². The molecule has 0 radical (unpaired) electrons. The van der Waals surface area contributed by atoms with Crippen LogP contribution in [0.15, 0.2) is 11.6 Å². The van der Waals surface area contributed by atoms with E-state index in [1.54, 1.807) is 0 Å². The molecule has 0 aromatic rings. The second kappa shape index (κ2) is 7.03. The van der Waals surface area contributed by atoms with Crippen LogP contribution in [-0.4, -0.2) is 14.9 Å². The molecule has 0 aliphatic rings. The molecule has 0 bridgehead atoms. The Bertz CT molecular complexity index is 289. The van der Waals surface area contributed by atoms with Gasteiger partial charge in [-0.15, -0.1) is 6.42 Å². The fraction of sp³-hybridized carbons (Fsp3) is 0.733. The van der Waals surface area contributed by atoms with Crippen LogP contribution in [0.1, 0.15) is 47.0 Å². The SMILES string of the molecule is C#C/C=C(/C)CCCCO[Si](C)(C)C(C)(C)C. The van der Waals surface area contributed by atoms with E-state index in [-0.39, 0.29) is 0 Å². The van der Waals surface area contributed by atoms with Gasteiger partial charge in [-0.25, -0.2) is 0 Å². The van der Waals surface area contributed by atoms with Crippen molar-refractivity contribution in [3.8, 4) is 12.3 Å². The van der Waals surface area contributed by atoms with Gasteiger partial charge >= 0.3 is 0 Å². The lowest BCUT2D eigenvalue weighted by Gasteiger charge is -2.36. The lowest BCUT2D eigenvalue weighted by atomic mass is 10.1. The van der Waals surface area contributed by atoms with E-state index in [0.717, 1.165) is 19.4 Å². The topological polar surface area (TPSA) is 9.23 Å². The molecule has 0 spiro atoms. The smallest absolute Gasteiger partial charge is 0.191 e. The van der Waals surface area contributed by atoms with Crippen molar-refractivity contribution in [2.75, 3.05) is 6.61 Å². The average molecular weight is 252 g/mol. The minimum Gasteiger partial charge on any atom is -0.417 e. The molecule has 0 atom stereocenters. The summed E-state index contributed by atoms with van der Waals surface area (Å²) in [7, 11) is -1.54. The maximum absolute atomic E-state index is 6.11. The van der Waals surface area contributed by atoms with Crippen LogP contribution in [0.2, 0.25) is 18.1 Å². The summed E-state index contributed by atoms with van der Waals surface area (Å²) in [5.74, 6) is 2.57. The Morgan fingerprint density at radius 3 is 2.35 bits per heavy atom. The van der Waals surface area contributed by atoms with E-state index < -0.39 is 8.32 Å². The van der Waals surface area contributed by atoms with E-state index in [0.29, 0.717) is 5.04 Å². The van der Waals surface area contributed by atoms with Crippen LogP contribution in [0, 0.1) is 12.3 Å². The molecule has 0 saturated carbocycles. The maximum atomic E-state index is 6.11. The van der Waals surface area contributed by atoms with Crippen molar-refractivity contribution in [3.63, 3.8) is 0 Å². The van der Waals surface area contributed by atoms with Crippen molar-refractivity contribution in [1.82, 2.24) is 0 Å². The zero-order chi connectivity index (χ0) is 13.5. The molecule has 2 heteroatoms. The van der Waals surface area contributed by atoms with Crippen molar-refractivity contribution in [2.45, 2.75) is 65.1 Å². The Kier molecular flexibility index (Phi) is 6.82. The molecule has 0 aliphatic heterocycles. The van der Waals surface area contributed by atoms with Crippen LogP contribution in [-0.2, 0) is 4.43 Å². The molecule has 0 unspecified atom stereocenters. The highest BCUT2D eigenvalue weighted by molar-refractivity contribution is 6.74. The van der Waals surface area contributed by atoms with Crippen molar-refractivity contribution in [2.24, 2.45) is 0 Å². The number of rotatable bonds is 6. The van der Waals surface area contributed by atoms with Crippen LogP contribution in [0.25, 0.3) is 0 Å². The van der Waals surface area contributed by atoms with E-state index in [2.05, 4.69) is 46.7 Å². The van der Waals surface area contributed by atoms with Gasteiger partial charge in [0.1, 0.15) is 0 Å². The van der Waals surface area contributed by atoms with Gasteiger partial charge in [-0.05, 0) is 50.4 Å². The first-order valence-corrected chi connectivity index (χ1v) is 9.37. The third-order valence-electron chi connectivity index (χ3n) is 3.56. The van der Waals surface area contributed by atoms with Crippen LogP contribution in [0.4, 0.5) is 0 Å².